The number of nitrogens with one attached hydrogen (secondary N) is 1. The average Bonchev–Trinajstić information content (AvgIpc) is 2.38. The molecule has 2 rings (SSSR count). The van der Waals surface area contributed by atoms with Gasteiger partial charge in [0.1, 0.15) is 6.10 Å². The zero-order valence-corrected chi connectivity index (χ0v) is 10.2. The van der Waals surface area contributed by atoms with E-state index in [1.165, 1.54) is 6.92 Å². The summed E-state index contributed by atoms with van der Waals surface area (Å²) in [6.07, 6.45) is 2.04. The van der Waals surface area contributed by atoms with Crippen LogP contribution >= 0.6 is 0 Å². The first kappa shape index (κ1) is 12.1. The lowest BCUT2D eigenvalue weighted by Crippen LogP contribution is -2.32. The van der Waals surface area contributed by atoms with Crippen LogP contribution in [0.25, 0.3) is 0 Å². The summed E-state index contributed by atoms with van der Waals surface area (Å²) in [5, 5.41) is 3.33. The monoisotopic (exact) mass is 233 g/mol. The number of ether oxygens (including phenoxy) is 1. The van der Waals surface area contributed by atoms with E-state index in [2.05, 4.69) is 5.32 Å². The molecule has 1 aromatic rings. The second kappa shape index (κ2) is 5.82. The molecule has 92 valence electrons. The van der Waals surface area contributed by atoms with Crippen molar-refractivity contribution in [2.45, 2.75) is 25.9 Å². The Balaban J connectivity index is 2.15. The fraction of sp³-hybridized carbons (Fsp3) is 0.500. The molecule has 3 heteroatoms. The molecular weight excluding hydrogens is 214 g/mol. The minimum Gasteiger partial charge on any atom is -0.457 e. The summed E-state index contributed by atoms with van der Waals surface area (Å²) in [6.45, 7) is 3.50. The number of esters is 1. The van der Waals surface area contributed by atoms with Crippen molar-refractivity contribution in [3.05, 3.63) is 35.9 Å². The topological polar surface area (TPSA) is 38.3 Å². The van der Waals surface area contributed by atoms with E-state index in [1.807, 2.05) is 30.3 Å². The molecule has 1 aliphatic heterocycles. The smallest absolute Gasteiger partial charge is 0.303 e. The first-order chi connectivity index (χ1) is 8.27. The minimum absolute atomic E-state index is 0.0872. The molecule has 0 aliphatic carbocycles. The lowest BCUT2D eigenvalue weighted by atomic mass is 9.88. The molecule has 1 heterocycles. The highest BCUT2D eigenvalue weighted by atomic mass is 16.5. The Hall–Kier alpha value is -1.35. The highest BCUT2D eigenvalue weighted by molar-refractivity contribution is 5.66. The van der Waals surface area contributed by atoms with Crippen LogP contribution in [0, 0.1) is 5.92 Å². The van der Waals surface area contributed by atoms with Crippen LogP contribution in [0.1, 0.15) is 31.4 Å². The molecule has 17 heavy (non-hydrogen) atoms. The van der Waals surface area contributed by atoms with Gasteiger partial charge in [-0.3, -0.25) is 4.79 Å². The van der Waals surface area contributed by atoms with Gasteiger partial charge in [0.15, 0.2) is 0 Å². The molecule has 0 radical (unpaired) electrons. The third kappa shape index (κ3) is 3.30. The first-order valence-corrected chi connectivity index (χ1v) is 6.20. The van der Waals surface area contributed by atoms with Gasteiger partial charge in [0, 0.05) is 12.8 Å². The number of carbonyl (C=O) groups is 1. The molecule has 1 N–H and O–H groups in total. The summed E-state index contributed by atoms with van der Waals surface area (Å²) in [5.41, 5.74) is 1.11. The van der Waals surface area contributed by atoms with Crippen LogP contribution in [0.2, 0.25) is 0 Å². The van der Waals surface area contributed by atoms with Gasteiger partial charge in [0.05, 0.1) is 0 Å². The Morgan fingerprint density at radius 1 is 1.29 bits per heavy atom. The molecule has 1 unspecified atom stereocenters. The Morgan fingerprint density at radius 3 is 2.53 bits per heavy atom. The number of hydrogen-bond acceptors (Lipinski definition) is 3. The number of benzene rings is 1. The van der Waals surface area contributed by atoms with Gasteiger partial charge in [0.2, 0.25) is 0 Å². The van der Waals surface area contributed by atoms with Crippen molar-refractivity contribution in [2.75, 3.05) is 13.1 Å². The second-order valence-electron chi connectivity index (χ2n) is 4.53. The Labute approximate surface area is 102 Å². The van der Waals surface area contributed by atoms with E-state index >= 15 is 0 Å². The fourth-order valence-corrected chi connectivity index (χ4v) is 2.40. The second-order valence-corrected chi connectivity index (χ2v) is 4.53. The number of piperidine rings is 1. The Morgan fingerprint density at radius 2 is 1.94 bits per heavy atom. The molecule has 0 amide bonds. The van der Waals surface area contributed by atoms with Crippen molar-refractivity contribution in [1.29, 1.82) is 0 Å². The quantitative estimate of drug-likeness (QED) is 0.814. The predicted molar refractivity (Wildman–Crippen MR) is 66.5 cm³/mol. The summed E-state index contributed by atoms with van der Waals surface area (Å²) >= 11 is 0. The zero-order chi connectivity index (χ0) is 12.1. The van der Waals surface area contributed by atoms with Crippen molar-refractivity contribution >= 4 is 5.97 Å². The largest absolute Gasteiger partial charge is 0.457 e. The van der Waals surface area contributed by atoms with Gasteiger partial charge in [0.25, 0.3) is 0 Å². The van der Waals surface area contributed by atoms with Crippen molar-refractivity contribution in [3.63, 3.8) is 0 Å². The molecule has 0 saturated carbocycles. The maximum absolute atomic E-state index is 11.2. The van der Waals surface area contributed by atoms with Crippen LogP contribution in [-0.4, -0.2) is 19.1 Å². The summed E-state index contributed by atoms with van der Waals surface area (Å²) in [5.74, 6) is 0.236. The normalized spacial score (nSPS) is 18.6. The van der Waals surface area contributed by atoms with Crippen molar-refractivity contribution in [3.8, 4) is 0 Å². The minimum atomic E-state index is -0.197. The van der Waals surface area contributed by atoms with Gasteiger partial charge in [-0.15, -0.1) is 0 Å². The van der Waals surface area contributed by atoms with Gasteiger partial charge in [-0.2, -0.15) is 0 Å². The molecule has 1 fully saturated rings. The molecule has 1 saturated heterocycles. The predicted octanol–water partition coefficient (Wildman–Crippen LogP) is 2.29. The van der Waals surface area contributed by atoms with E-state index in [9.17, 15) is 4.79 Å². The maximum atomic E-state index is 11.2. The molecule has 0 spiro atoms. The number of carbonyl (C=O) groups excluding carboxylic acids is 1. The SMILES string of the molecule is CC(=O)OC(c1ccccc1)C1CCNCC1. The summed E-state index contributed by atoms with van der Waals surface area (Å²) in [4.78, 5) is 11.2. The van der Waals surface area contributed by atoms with E-state index in [1.54, 1.807) is 0 Å². The summed E-state index contributed by atoms with van der Waals surface area (Å²) < 4.78 is 5.51. The molecule has 0 bridgehead atoms. The van der Waals surface area contributed by atoms with E-state index in [-0.39, 0.29) is 12.1 Å². The van der Waals surface area contributed by atoms with Gasteiger partial charge >= 0.3 is 5.97 Å². The third-order valence-electron chi connectivity index (χ3n) is 3.23. The van der Waals surface area contributed by atoms with E-state index < -0.39 is 0 Å². The van der Waals surface area contributed by atoms with Crippen LogP contribution in [0.15, 0.2) is 30.3 Å². The van der Waals surface area contributed by atoms with E-state index in [0.29, 0.717) is 5.92 Å². The lowest BCUT2D eigenvalue weighted by molar-refractivity contribution is -0.150. The van der Waals surface area contributed by atoms with E-state index in [4.69, 9.17) is 4.74 Å². The van der Waals surface area contributed by atoms with Crippen molar-refractivity contribution in [1.82, 2.24) is 5.32 Å². The average molecular weight is 233 g/mol. The lowest BCUT2D eigenvalue weighted by Gasteiger charge is -2.30. The van der Waals surface area contributed by atoms with Crippen molar-refractivity contribution in [2.24, 2.45) is 5.92 Å². The molecule has 1 aromatic carbocycles. The van der Waals surface area contributed by atoms with Crippen LogP contribution < -0.4 is 5.32 Å². The molecule has 1 atom stereocenters. The van der Waals surface area contributed by atoms with Crippen LogP contribution in [0.3, 0.4) is 0 Å². The van der Waals surface area contributed by atoms with E-state index in [0.717, 1.165) is 31.5 Å². The Bertz CT molecular complexity index is 358. The van der Waals surface area contributed by atoms with Gasteiger partial charge in [-0.1, -0.05) is 30.3 Å². The molecule has 1 aliphatic rings. The molecule has 3 nitrogen and oxygen atoms in total. The standard InChI is InChI=1S/C14H19NO2/c1-11(16)17-14(12-5-3-2-4-6-12)13-7-9-15-10-8-13/h2-6,13-15H,7-10H2,1H3. The molecular formula is C14H19NO2. The fourth-order valence-electron chi connectivity index (χ4n) is 2.40. The van der Waals surface area contributed by atoms with Gasteiger partial charge in [-0.05, 0) is 31.5 Å². The van der Waals surface area contributed by atoms with Crippen LogP contribution in [-0.2, 0) is 9.53 Å². The van der Waals surface area contributed by atoms with Crippen molar-refractivity contribution < 1.29 is 9.53 Å². The Kier molecular flexibility index (Phi) is 4.15. The third-order valence-corrected chi connectivity index (χ3v) is 3.23. The maximum Gasteiger partial charge on any atom is 0.303 e. The van der Waals surface area contributed by atoms with Crippen LogP contribution in [0.5, 0.6) is 0 Å². The first-order valence-electron chi connectivity index (χ1n) is 6.20. The number of hydrogen-bond donors (Lipinski definition) is 1. The van der Waals surface area contributed by atoms with Gasteiger partial charge < -0.3 is 10.1 Å². The summed E-state index contributed by atoms with van der Waals surface area (Å²) in [7, 11) is 0. The molecule has 0 aromatic heterocycles. The van der Waals surface area contributed by atoms with Crippen LogP contribution in [0.4, 0.5) is 0 Å². The highest BCUT2D eigenvalue weighted by Crippen LogP contribution is 2.32. The highest BCUT2D eigenvalue weighted by Gasteiger charge is 2.27. The summed E-state index contributed by atoms with van der Waals surface area (Å²) in [6, 6.07) is 10.0. The number of rotatable bonds is 3. The zero-order valence-electron chi connectivity index (χ0n) is 10.2. The van der Waals surface area contributed by atoms with Gasteiger partial charge in [-0.25, -0.2) is 0 Å².